The number of rotatable bonds is 5. The average Bonchev–Trinajstić information content (AvgIpc) is 2.67. The zero-order chi connectivity index (χ0) is 10.4. The molecule has 0 radical (unpaired) electrons. The molecule has 0 saturated carbocycles. The van der Waals surface area contributed by atoms with Gasteiger partial charge in [-0.15, -0.1) is 0 Å². The van der Waals surface area contributed by atoms with Crippen molar-refractivity contribution in [3.63, 3.8) is 0 Å². The first kappa shape index (κ1) is 11.1. The molecule has 14 heavy (non-hydrogen) atoms. The molecule has 1 rings (SSSR count). The van der Waals surface area contributed by atoms with E-state index in [-0.39, 0.29) is 18.6 Å². The summed E-state index contributed by atoms with van der Waals surface area (Å²) in [6, 6.07) is 0.0522. The summed E-state index contributed by atoms with van der Waals surface area (Å²) in [5.74, 6) is -0.204. The first-order chi connectivity index (χ1) is 6.74. The first-order valence-electron chi connectivity index (χ1n) is 4.43. The summed E-state index contributed by atoms with van der Waals surface area (Å²) >= 11 is 1.01. The second-order valence-corrected chi connectivity index (χ2v) is 3.59. The van der Waals surface area contributed by atoms with E-state index in [0.717, 1.165) is 18.1 Å². The van der Waals surface area contributed by atoms with E-state index in [4.69, 9.17) is 5.11 Å². The fourth-order valence-corrected chi connectivity index (χ4v) is 1.44. The summed E-state index contributed by atoms with van der Waals surface area (Å²) in [7, 11) is 0. The highest BCUT2D eigenvalue weighted by molar-refractivity contribution is 6.99. The minimum absolute atomic E-state index is 0.0522. The number of aliphatic hydroxyl groups is 1. The molecule has 0 aliphatic carbocycles. The number of carbonyl (C=O) groups is 1. The highest BCUT2D eigenvalue weighted by Gasteiger charge is 2.11. The summed E-state index contributed by atoms with van der Waals surface area (Å²) in [6.07, 6.45) is 2.90. The largest absolute Gasteiger partial charge is 0.396 e. The Kier molecular flexibility index (Phi) is 4.48. The number of aliphatic hydroxyl groups excluding tert-OH is 1. The minimum Gasteiger partial charge on any atom is -0.396 e. The van der Waals surface area contributed by atoms with Crippen LogP contribution in [0.4, 0.5) is 0 Å². The third-order valence-corrected chi connectivity index (χ3v) is 2.24. The van der Waals surface area contributed by atoms with Crippen molar-refractivity contribution in [2.45, 2.75) is 25.8 Å². The predicted molar refractivity (Wildman–Crippen MR) is 53.2 cm³/mol. The monoisotopic (exact) mass is 215 g/mol. The van der Waals surface area contributed by atoms with Gasteiger partial charge in [-0.3, -0.25) is 4.79 Å². The highest BCUT2D eigenvalue weighted by Crippen LogP contribution is 1.99. The third-order valence-electron chi connectivity index (χ3n) is 1.77. The zero-order valence-electron chi connectivity index (χ0n) is 7.93. The molecule has 1 unspecified atom stereocenters. The quantitative estimate of drug-likeness (QED) is 0.747. The van der Waals surface area contributed by atoms with Crippen LogP contribution in [0, 0.1) is 0 Å². The molecule has 1 atom stereocenters. The number of hydrogen-bond donors (Lipinski definition) is 2. The van der Waals surface area contributed by atoms with Crippen molar-refractivity contribution in [3.8, 4) is 0 Å². The van der Waals surface area contributed by atoms with Gasteiger partial charge in [-0.2, -0.15) is 8.75 Å². The molecule has 78 valence electrons. The van der Waals surface area contributed by atoms with E-state index in [0.29, 0.717) is 12.1 Å². The lowest BCUT2D eigenvalue weighted by atomic mass is 10.2. The van der Waals surface area contributed by atoms with Crippen molar-refractivity contribution in [1.82, 2.24) is 14.1 Å². The molecule has 6 heteroatoms. The van der Waals surface area contributed by atoms with Crippen LogP contribution in [0.25, 0.3) is 0 Å². The van der Waals surface area contributed by atoms with E-state index < -0.39 is 0 Å². The van der Waals surface area contributed by atoms with Crippen LogP contribution in [0.1, 0.15) is 30.3 Å². The van der Waals surface area contributed by atoms with Crippen LogP contribution in [0.2, 0.25) is 0 Å². The molecular formula is C8H13N3O2S. The Morgan fingerprint density at radius 2 is 2.57 bits per heavy atom. The summed E-state index contributed by atoms with van der Waals surface area (Å²) in [6.45, 7) is 2.05. The van der Waals surface area contributed by atoms with Gasteiger partial charge in [0.2, 0.25) is 0 Å². The molecule has 1 aromatic rings. The van der Waals surface area contributed by atoms with Crippen molar-refractivity contribution in [3.05, 3.63) is 11.9 Å². The van der Waals surface area contributed by atoms with Gasteiger partial charge in [0.05, 0.1) is 17.9 Å². The van der Waals surface area contributed by atoms with Gasteiger partial charge in [0.1, 0.15) is 0 Å². The Labute approximate surface area is 86.5 Å². The number of aromatic nitrogens is 2. The number of amides is 1. The van der Waals surface area contributed by atoms with Gasteiger partial charge in [-0.05, 0) is 19.8 Å². The molecule has 0 saturated heterocycles. The highest BCUT2D eigenvalue weighted by atomic mass is 32.1. The van der Waals surface area contributed by atoms with Gasteiger partial charge in [-0.1, -0.05) is 0 Å². The fraction of sp³-hybridized carbons (Fsp3) is 0.625. The maximum absolute atomic E-state index is 11.4. The van der Waals surface area contributed by atoms with Crippen LogP contribution in [0.3, 0.4) is 0 Å². The summed E-state index contributed by atoms with van der Waals surface area (Å²) in [5, 5.41) is 11.4. The Bertz CT molecular complexity index is 276. The molecule has 0 bridgehead atoms. The average molecular weight is 215 g/mol. The van der Waals surface area contributed by atoms with Gasteiger partial charge in [0.15, 0.2) is 5.69 Å². The molecule has 1 heterocycles. The molecule has 0 aromatic carbocycles. The van der Waals surface area contributed by atoms with Crippen molar-refractivity contribution >= 4 is 17.6 Å². The van der Waals surface area contributed by atoms with Crippen LogP contribution in [-0.4, -0.2) is 32.4 Å². The standard InChI is InChI=1S/C8H13N3O2S/c1-6(3-2-4-12)10-8(13)7-5-9-14-11-7/h5-6,12H,2-4H2,1H3,(H,10,13). The maximum Gasteiger partial charge on any atom is 0.272 e. The molecule has 0 fully saturated rings. The molecule has 0 spiro atoms. The van der Waals surface area contributed by atoms with Crippen LogP contribution in [0.5, 0.6) is 0 Å². The van der Waals surface area contributed by atoms with Crippen LogP contribution in [-0.2, 0) is 0 Å². The molecule has 5 nitrogen and oxygen atoms in total. The lowest BCUT2D eigenvalue weighted by Crippen LogP contribution is -2.32. The molecule has 1 amide bonds. The van der Waals surface area contributed by atoms with Gasteiger partial charge in [0.25, 0.3) is 5.91 Å². The Morgan fingerprint density at radius 1 is 1.79 bits per heavy atom. The van der Waals surface area contributed by atoms with E-state index >= 15 is 0 Å². The molecule has 2 N–H and O–H groups in total. The smallest absolute Gasteiger partial charge is 0.272 e. The first-order valence-corrected chi connectivity index (χ1v) is 5.16. The van der Waals surface area contributed by atoms with Gasteiger partial charge >= 0.3 is 0 Å². The number of hydrogen-bond acceptors (Lipinski definition) is 5. The van der Waals surface area contributed by atoms with E-state index in [1.807, 2.05) is 6.92 Å². The second kappa shape index (κ2) is 5.66. The van der Waals surface area contributed by atoms with Crippen molar-refractivity contribution in [2.24, 2.45) is 0 Å². The number of carbonyl (C=O) groups excluding carboxylic acids is 1. The maximum atomic E-state index is 11.4. The van der Waals surface area contributed by atoms with Gasteiger partial charge in [0, 0.05) is 12.6 Å². The SMILES string of the molecule is CC(CCCO)NC(=O)c1cnsn1. The van der Waals surface area contributed by atoms with Crippen LogP contribution >= 0.6 is 11.7 Å². The molecule has 1 aromatic heterocycles. The Morgan fingerprint density at radius 3 is 3.14 bits per heavy atom. The second-order valence-electron chi connectivity index (χ2n) is 3.03. The lowest BCUT2D eigenvalue weighted by molar-refractivity contribution is 0.0932. The Balaban J connectivity index is 2.34. The number of nitrogens with one attached hydrogen (secondary N) is 1. The lowest BCUT2D eigenvalue weighted by Gasteiger charge is -2.11. The van der Waals surface area contributed by atoms with Crippen molar-refractivity contribution < 1.29 is 9.90 Å². The normalized spacial score (nSPS) is 12.4. The van der Waals surface area contributed by atoms with Crippen molar-refractivity contribution in [2.75, 3.05) is 6.61 Å². The third kappa shape index (κ3) is 3.39. The fourth-order valence-electron chi connectivity index (χ4n) is 1.03. The summed E-state index contributed by atoms with van der Waals surface area (Å²) in [4.78, 5) is 11.4. The summed E-state index contributed by atoms with van der Waals surface area (Å²) < 4.78 is 7.56. The van der Waals surface area contributed by atoms with Crippen LogP contribution < -0.4 is 5.32 Å². The summed E-state index contributed by atoms with van der Waals surface area (Å²) in [5.41, 5.74) is 0.353. The molecular weight excluding hydrogens is 202 g/mol. The minimum atomic E-state index is -0.204. The number of nitrogens with zero attached hydrogens (tertiary/aromatic N) is 2. The van der Waals surface area contributed by atoms with E-state index in [1.165, 1.54) is 6.20 Å². The van der Waals surface area contributed by atoms with E-state index in [2.05, 4.69) is 14.1 Å². The topological polar surface area (TPSA) is 75.1 Å². The van der Waals surface area contributed by atoms with Crippen molar-refractivity contribution in [1.29, 1.82) is 0 Å². The van der Waals surface area contributed by atoms with Crippen LogP contribution in [0.15, 0.2) is 6.20 Å². The Hall–Kier alpha value is -1.01. The predicted octanol–water partition coefficient (Wildman–Crippen LogP) is 0.429. The molecule has 0 aliphatic heterocycles. The van der Waals surface area contributed by atoms with Gasteiger partial charge in [-0.25, -0.2) is 0 Å². The van der Waals surface area contributed by atoms with Gasteiger partial charge < -0.3 is 10.4 Å². The van der Waals surface area contributed by atoms with E-state index in [1.54, 1.807) is 0 Å². The molecule has 0 aliphatic rings. The zero-order valence-corrected chi connectivity index (χ0v) is 8.75. The van der Waals surface area contributed by atoms with E-state index in [9.17, 15) is 4.79 Å².